The number of ether oxygens (including phenoxy) is 1. The highest BCUT2D eigenvalue weighted by Gasteiger charge is 2.11. The third-order valence-corrected chi connectivity index (χ3v) is 2.93. The molecular formula is C15H16N2O4. The van der Waals surface area contributed by atoms with Gasteiger partial charge >= 0.3 is 5.97 Å². The van der Waals surface area contributed by atoms with Crippen LogP contribution in [-0.2, 0) is 0 Å². The third kappa shape index (κ3) is 3.47. The number of aromatic nitrogens is 2. The first-order valence-corrected chi connectivity index (χ1v) is 6.50. The summed E-state index contributed by atoms with van der Waals surface area (Å²) in [5.41, 5.74) is 0.563. The molecule has 0 amide bonds. The minimum Gasteiger partial charge on any atom is -0.478 e. The Labute approximate surface area is 121 Å². The molecule has 0 aliphatic heterocycles. The highest BCUT2D eigenvalue weighted by atomic mass is 16.5. The third-order valence-electron chi connectivity index (χ3n) is 2.93. The molecule has 0 atom stereocenters. The minimum atomic E-state index is -1.04. The Morgan fingerprint density at radius 3 is 2.67 bits per heavy atom. The maximum Gasteiger partial charge on any atom is 0.335 e. The maximum absolute atomic E-state index is 11.6. The molecule has 0 aliphatic rings. The van der Waals surface area contributed by atoms with E-state index in [0.717, 1.165) is 5.56 Å². The van der Waals surface area contributed by atoms with Crippen molar-refractivity contribution in [2.24, 2.45) is 0 Å². The van der Waals surface area contributed by atoms with E-state index in [4.69, 9.17) is 9.84 Å². The second kappa shape index (κ2) is 5.78. The normalized spacial score (nSPS) is 10.7. The van der Waals surface area contributed by atoms with E-state index in [0.29, 0.717) is 11.6 Å². The van der Waals surface area contributed by atoms with Gasteiger partial charge in [0.15, 0.2) is 0 Å². The molecule has 110 valence electrons. The number of carbonyl (C=O) groups is 1. The number of aromatic amines is 1. The number of aryl methyl sites for hydroxylation is 1. The van der Waals surface area contributed by atoms with Gasteiger partial charge in [-0.05, 0) is 24.6 Å². The van der Waals surface area contributed by atoms with Gasteiger partial charge in [-0.3, -0.25) is 4.79 Å². The summed E-state index contributed by atoms with van der Waals surface area (Å²) < 4.78 is 5.58. The van der Waals surface area contributed by atoms with Gasteiger partial charge in [0.25, 0.3) is 5.56 Å². The molecule has 1 aromatic carbocycles. The van der Waals surface area contributed by atoms with Crippen LogP contribution in [0, 0.1) is 6.92 Å². The molecule has 2 rings (SSSR count). The zero-order valence-corrected chi connectivity index (χ0v) is 12.0. The van der Waals surface area contributed by atoms with Gasteiger partial charge in [-0.25, -0.2) is 4.79 Å². The first-order chi connectivity index (χ1) is 9.86. The van der Waals surface area contributed by atoms with E-state index in [1.165, 1.54) is 18.2 Å². The summed E-state index contributed by atoms with van der Waals surface area (Å²) in [6, 6.07) is 5.79. The lowest BCUT2D eigenvalue weighted by Crippen LogP contribution is -2.12. The van der Waals surface area contributed by atoms with Gasteiger partial charge in [0.1, 0.15) is 11.6 Å². The van der Waals surface area contributed by atoms with Crippen molar-refractivity contribution in [2.45, 2.75) is 26.7 Å². The number of carboxylic acid groups (broad SMARTS) is 1. The van der Waals surface area contributed by atoms with E-state index in [2.05, 4.69) is 9.97 Å². The van der Waals surface area contributed by atoms with Crippen LogP contribution in [0.2, 0.25) is 0 Å². The molecule has 0 saturated heterocycles. The molecule has 6 heteroatoms. The van der Waals surface area contributed by atoms with Crippen LogP contribution >= 0.6 is 0 Å². The number of benzene rings is 1. The maximum atomic E-state index is 11.6. The van der Waals surface area contributed by atoms with Crippen LogP contribution in [0.3, 0.4) is 0 Å². The van der Waals surface area contributed by atoms with Crippen molar-refractivity contribution in [3.8, 4) is 11.6 Å². The molecule has 1 aromatic heterocycles. The molecular weight excluding hydrogens is 272 g/mol. The van der Waals surface area contributed by atoms with Crippen LogP contribution in [-0.4, -0.2) is 21.0 Å². The molecule has 2 aromatic rings. The van der Waals surface area contributed by atoms with Gasteiger partial charge in [-0.15, -0.1) is 0 Å². The molecule has 1 heterocycles. The number of aromatic carboxylic acids is 1. The average molecular weight is 288 g/mol. The van der Waals surface area contributed by atoms with Crippen LogP contribution in [0.15, 0.2) is 29.1 Å². The Hall–Kier alpha value is -2.63. The monoisotopic (exact) mass is 288 g/mol. The number of nitrogens with zero attached hydrogens (tertiary/aromatic N) is 1. The highest BCUT2D eigenvalue weighted by molar-refractivity contribution is 5.88. The standard InChI is InChI=1S/C15H16N2O4/c1-8(2)14-16-12(18)7-13(17-14)21-11-6-10(15(19)20)5-4-9(11)3/h4-8H,1-3H3,(H,19,20)(H,16,17,18). The lowest BCUT2D eigenvalue weighted by atomic mass is 10.1. The number of H-pyrrole nitrogens is 1. The van der Waals surface area contributed by atoms with E-state index in [1.807, 2.05) is 13.8 Å². The fourth-order valence-electron chi connectivity index (χ4n) is 1.73. The Bertz CT molecular complexity index is 735. The molecule has 2 N–H and O–H groups in total. The van der Waals surface area contributed by atoms with E-state index < -0.39 is 5.97 Å². The fourth-order valence-corrected chi connectivity index (χ4v) is 1.73. The topological polar surface area (TPSA) is 92.3 Å². The first kappa shape index (κ1) is 14.8. The summed E-state index contributed by atoms with van der Waals surface area (Å²) in [5, 5.41) is 9.00. The summed E-state index contributed by atoms with van der Waals surface area (Å²) >= 11 is 0. The number of nitrogens with one attached hydrogen (secondary N) is 1. The van der Waals surface area contributed by atoms with Gasteiger partial charge in [-0.2, -0.15) is 4.98 Å². The number of rotatable bonds is 4. The van der Waals surface area contributed by atoms with Crippen molar-refractivity contribution in [3.05, 3.63) is 51.6 Å². The zero-order chi connectivity index (χ0) is 15.6. The van der Waals surface area contributed by atoms with E-state index in [-0.39, 0.29) is 22.9 Å². The second-order valence-corrected chi connectivity index (χ2v) is 5.01. The van der Waals surface area contributed by atoms with E-state index >= 15 is 0 Å². The van der Waals surface area contributed by atoms with Crippen LogP contribution in [0.1, 0.15) is 41.5 Å². The molecule has 0 unspecified atom stereocenters. The van der Waals surface area contributed by atoms with Crippen LogP contribution < -0.4 is 10.3 Å². The molecule has 0 saturated carbocycles. The van der Waals surface area contributed by atoms with E-state index in [1.54, 1.807) is 13.0 Å². The quantitative estimate of drug-likeness (QED) is 0.902. The van der Waals surface area contributed by atoms with Crippen molar-refractivity contribution in [1.29, 1.82) is 0 Å². The second-order valence-electron chi connectivity index (χ2n) is 5.01. The molecule has 0 fully saturated rings. The predicted octanol–water partition coefficient (Wildman–Crippen LogP) is 2.69. The summed E-state index contributed by atoms with van der Waals surface area (Å²) in [6.07, 6.45) is 0. The van der Waals surface area contributed by atoms with Gasteiger partial charge in [0.2, 0.25) is 5.88 Å². The number of hydrogen-bond donors (Lipinski definition) is 2. The Morgan fingerprint density at radius 2 is 2.05 bits per heavy atom. The Balaban J connectivity index is 2.40. The van der Waals surface area contributed by atoms with Gasteiger partial charge < -0.3 is 14.8 Å². The minimum absolute atomic E-state index is 0.0488. The number of hydrogen-bond acceptors (Lipinski definition) is 4. The lowest BCUT2D eigenvalue weighted by Gasteiger charge is -2.10. The largest absolute Gasteiger partial charge is 0.478 e. The molecule has 6 nitrogen and oxygen atoms in total. The van der Waals surface area contributed by atoms with Crippen molar-refractivity contribution in [1.82, 2.24) is 9.97 Å². The van der Waals surface area contributed by atoms with Gasteiger partial charge in [-0.1, -0.05) is 19.9 Å². The zero-order valence-electron chi connectivity index (χ0n) is 12.0. The number of carboxylic acids is 1. The van der Waals surface area contributed by atoms with Gasteiger partial charge in [0.05, 0.1) is 11.6 Å². The molecule has 0 radical (unpaired) electrons. The van der Waals surface area contributed by atoms with Crippen molar-refractivity contribution < 1.29 is 14.6 Å². The summed E-state index contributed by atoms with van der Waals surface area (Å²) in [5.74, 6) is 0.0367. The fraction of sp³-hybridized carbons (Fsp3) is 0.267. The summed E-state index contributed by atoms with van der Waals surface area (Å²) in [7, 11) is 0. The SMILES string of the molecule is Cc1ccc(C(=O)O)cc1Oc1cc(=O)[nH]c(C(C)C)n1. The summed E-state index contributed by atoms with van der Waals surface area (Å²) in [4.78, 5) is 29.4. The Morgan fingerprint density at radius 1 is 1.33 bits per heavy atom. The Kier molecular flexibility index (Phi) is 4.07. The molecule has 0 aliphatic carbocycles. The predicted molar refractivity (Wildman–Crippen MR) is 77.2 cm³/mol. The van der Waals surface area contributed by atoms with Crippen LogP contribution in [0.5, 0.6) is 11.6 Å². The smallest absolute Gasteiger partial charge is 0.335 e. The van der Waals surface area contributed by atoms with Crippen molar-refractivity contribution >= 4 is 5.97 Å². The first-order valence-electron chi connectivity index (χ1n) is 6.50. The van der Waals surface area contributed by atoms with Crippen molar-refractivity contribution in [3.63, 3.8) is 0 Å². The van der Waals surface area contributed by atoms with E-state index in [9.17, 15) is 9.59 Å². The summed E-state index contributed by atoms with van der Waals surface area (Å²) in [6.45, 7) is 5.59. The van der Waals surface area contributed by atoms with Gasteiger partial charge in [0, 0.05) is 5.92 Å². The molecule has 0 spiro atoms. The van der Waals surface area contributed by atoms with Crippen LogP contribution in [0.4, 0.5) is 0 Å². The molecule has 21 heavy (non-hydrogen) atoms. The molecule has 0 bridgehead atoms. The highest BCUT2D eigenvalue weighted by Crippen LogP contribution is 2.25. The average Bonchev–Trinajstić information content (AvgIpc) is 2.40. The van der Waals surface area contributed by atoms with Crippen LogP contribution in [0.25, 0.3) is 0 Å². The van der Waals surface area contributed by atoms with Crippen molar-refractivity contribution in [2.75, 3.05) is 0 Å². The lowest BCUT2D eigenvalue weighted by molar-refractivity contribution is 0.0696.